The highest BCUT2D eigenvalue weighted by molar-refractivity contribution is 9.09. The van der Waals surface area contributed by atoms with Crippen LogP contribution in [-0.2, 0) is 10.9 Å². The first-order valence-electron chi connectivity index (χ1n) is 5.47. The van der Waals surface area contributed by atoms with Gasteiger partial charge < -0.3 is 9.64 Å². The Bertz CT molecular complexity index is 414. The van der Waals surface area contributed by atoms with Gasteiger partial charge in [0.1, 0.15) is 11.5 Å². The second-order valence-corrected chi connectivity index (χ2v) is 4.62. The average Bonchev–Trinajstić information content (AvgIpc) is 2.38. The molecule has 2 rings (SSSR count). The molecule has 1 unspecified atom stereocenters. The Labute approximate surface area is 111 Å². The number of ether oxygens (including phenoxy) is 1. The highest BCUT2D eigenvalue weighted by Crippen LogP contribution is 2.29. The fraction of sp³-hybridized carbons (Fsp3) is 0.545. The van der Waals surface area contributed by atoms with Gasteiger partial charge in [-0.15, -0.1) is 0 Å². The second kappa shape index (κ2) is 5.44. The zero-order valence-electron chi connectivity index (χ0n) is 9.45. The van der Waals surface area contributed by atoms with Crippen molar-refractivity contribution in [3.8, 4) is 0 Å². The molecular weight excluding hydrogens is 313 g/mol. The van der Waals surface area contributed by atoms with Crippen LogP contribution in [0.4, 0.5) is 19.0 Å². The molecule has 18 heavy (non-hydrogen) atoms. The number of halogens is 4. The molecule has 1 aliphatic rings. The van der Waals surface area contributed by atoms with Crippen molar-refractivity contribution in [2.75, 3.05) is 29.9 Å². The summed E-state index contributed by atoms with van der Waals surface area (Å²) in [6, 6.07) is 3.95. The zero-order valence-corrected chi connectivity index (χ0v) is 11.0. The van der Waals surface area contributed by atoms with Gasteiger partial charge in [-0.25, -0.2) is 4.98 Å². The molecular formula is C11H12BrF3N2O. The fourth-order valence-corrected chi connectivity index (χ4v) is 2.17. The van der Waals surface area contributed by atoms with Crippen molar-refractivity contribution < 1.29 is 17.9 Å². The summed E-state index contributed by atoms with van der Waals surface area (Å²) < 4.78 is 43.1. The number of morpholine rings is 1. The molecule has 3 nitrogen and oxygen atoms in total. The first-order chi connectivity index (χ1) is 8.50. The van der Waals surface area contributed by atoms with Crippen LogP contribution < -0.4 is 4.90 Å². The monoisotopic (exact) mass is 324 g/mol. The normalized spacial score (nSPS) is 21.1. The van der Waals surface area contributed by atoms with Gasteiger partial charge in [-0.3, -0.25) is 0 Å². The molecule has 1 aromatic heterocycles. The third-order valence-electron chi connectivity index (χ3n) is 2.66. The van der Waals surface area contributed by atoms with Crippen LogP contribution in [0.25, 0.3) is 0 Å². The Kier molecular flexibility index (Phi) is 4.11. The molecule has 0 aliphatic carbocycles. The lowest BCUT2D eigenvalue weighted by Gasteiger charge is -2.33. The molecule has 1 atom stereocenters. The van der Waals surface area contributed by atoms with Crippen LogP contribution in [0, 0.1) is 0 Å². The molecule has 7 heteroatoms. The van der Waals surface area contributed by atoms with Gasteiger partial charge in [0.2, 0.25) is 0 Å². The number of alkyl halides is 4. The SMILES string of the molecule is FC(F)(F)c1cccc(N2CCOC(CBr)C2)n1. The third-order valence-corrected chi connectivity index (χ3v) is 3.38. The fourth-order valence-electron chi connectivity index (χ4n) is 1.78. The Morgan fingerprint density at radius 3 is 2.89 bits per heavy atom. The maximum atomic E-state index is 12.6. The molecule has 100 valence electrons. The van der Waals surface area contributed by atoms with Crippen molar-refractivity contribution in [1.29, 1.82) is 0 Å². The zero-order chi connectivity index (χ0) is 13.2. The van der Waals surface area contributed by atoms with E-state index < -0.39 is 11.9 Å². The van der Waals surface area contributed by atoms with E-state index in [1.807, 2.05) is 4.90 Å². The average molecular weight is 325 g/mol. The molecule has 2 heterocycles. The summed E-state index contributed by atoms with van der Waals surface area (Å²) in [5, 5.41) is 0.655. The van der Waals surface area contributed by atoms with Crippen LogP contribution in [0.1, 0.15) is 5.69 Å². The van der Waals surface area contributed by atoms with Crippen LogP contribution in [-0.4, -0.2) is 36.1 Å². The Hall–Kier alpha value is -0.820. The van der Waals surface area contributed by atoms with Crippen LogP contribution in [0.15, 0.2) is 18.2 Å². The Balaban J connectivity index is 2.18. The predicted octanol–water partition coefficient (Wildman–Crippen LogP) is 2.70. The van der Waals surface area contributed by atoms with Gasteiger partial charge in [-0.1, -0.05) is 22.0 Å². The maximum Gasteiger partial charge on any atom is 0.433 e. The lowest BCUT2D eigenvalue weighted by atomic mass is 10.2. The largest absolute Gasteiger partial charge is 0.433 e. The summed E-state index contributed by atoms with van der Waals surface area (Å²) in [6.45, 7) is 1.59. The molecule has 0 amide bonds. The van der Waals surface area contributed by atoms with E-state index in [-0.39, 0.29) is 6.10 Å². The molecule has 1 aromatic rings. The van der Waals surface area contributed by atoms with E-state index >= 15 is 0 Å². The van der Waals surface area contributed by atoms with E-state index in [2.05, 4.69) is 20.9 Å². The summed E-state index contributed by atoms with van der Waals surface area (Å²) in [5.74, 6) is 0.346. The molecule has 0 radical (unpaired) electrons. The molecule has 0 aromatic carbocycles. The van der Waals surface area contributed by atoms with E-state index in [1.165, 1.54) is 6.07 Å². The third kappa shape index (κ3) is 3.14. The Morgan fingerprint density at radius 2 is 2.22 bits per heavy atom. The maximum absolute atomic E-state index is 12.6. The summed E-state index contributed by atoms with van der Waals surface area (Å²) in [6.07, 6.45) is -4.42. The minimum Gasteiger partial charge on any atom is -0.374 e. The molecule has 0 spiro atoms. The van der Waals surface area contributed by atoms with Crippen LogP contribution in [0.2, 0.25) is 0 Å². The first-order valence-corrected chi connectivity index (χ1v) is 6.59. The van der Waals surface area contributed by atoms with Crippen molar-refractivity contribution in [1.82, 2.24) is 4.98 Å². The second-order valence-electron chi connectivity index (χ2n) is 3.97. The van der Waals surface area contributed by atoms with Gasteiger partial charge in [-0.2, -0.15) is 13.2 Å². The summed E-state index contributed by atoms with van der Waals surface area (Å²) >= 11 is 3.31. The van der Waals surface area contributed by atoms with Gasteiger partial charge in [0, 0.05) is 18.4 Å². The van der Waals surface area contributed by atoms with Gasteiger partial charge in [0.05, 0.1) is 12.7 Å². The number of pyridine rings is 1. The van der Waals surface area contributed by atoms with E-state index in [1.54, 1.807) is 6.07 Å². The number of hydrogen-bond acceptors (Lipinski definition) is 3. The minimum absolute atomic E-state index is 0.0184. The predicted molar refractivity (Wildman–Crippen MR) is 65.0 cm³/mol. The number of rotatable bonds is 2. The van der Waals surface area contributed by atoms with E-state index in [0.717, 1.165) is 6.07 Å². The van der Waals surface area contributed by atoms with Crippen molar-refractivity contribution >= 4 is 21.7 Å². The highest BCUT2D eigenvalue weighted by atomic mass is 79.9. The number of nitrogens with zero attached hydrogens (tertiary/aromatic N) is 2. The lowest BCUT2D eigenvalue weighted by Crippen LogP contribution is -2.43. The Morgan fingerprint density at radius 1 is 1.44 bits per heavy atom. The standard InChI is InChI=1S/C11H12BrF3N2O/c12-6-8-7-17(4-5-18-8)10-3-1-2-9(16-10)11(13,14)15/h1-3,8H,4-7H2. The topological polar surface area (TPSA) is 25.4 Å². The van der Waals surface area contributed by atoms with Crippen molar-refractivity contribution in [3.05, 3.63) is 23.9 Å². The minimum atomic E-state index is -4.41. The summed E-state index contributed by atoms with van der Waals surface area (Å²) in [7, 11) is 0. The van der Waals surface area contributed by atoms with Gasteiger partial charge in [-0.05, 0) is 12.1 Å². The quantitative estimate of drug-likeness (QED) is 0.782. The number of hydrogen-bond donors (Lipinski definition) is 0. The molecule has 0 N–H and O–H groups in total. The van der Waals surface area contributed by atoms with E-state index in [4.69, 9.17) is 4.74 Å². The molecule has 1 fully saturated rings. The van der Waals surface area contributed by atoms with Crippen molar-refractivity contribution in [3.63, 3.8) is 0 Å². The van der Waals surface area contributed by atoms with Crippen LogP contribution in [0.5, 0.6) is 0 Å². The van der Waals surface area contributed by atoms with Gasteiger partial charge >= 0.3 is 6.18 Å². The number of anilines is 1. The van der Waals surface area contributed by atoms with Crippen molar-refractivity contribution in [2.24, 2.45) is 0 Å². The molecule has 1 aliphatic heterocycles. The molecule has 0 saturated carbocycles. The van der Waals surface area contributed by atoms with E-state index in [0.29, 0.717) is 30.8 Å². The van der Waals surface area contributed by atoms with E-state index in [9.17, 15) is 13.2 Å². The lowest BCUT2D eigenvalue weighted by molar-refractivity contribution is -0.141. The van der Waals surface area contributed by atoms with Crippen molar-refractivity contribution in [2.45, 2.75) is 12.3 Å². The van der Waals surface area contributed by atoms with Gasteiger partial charge in [0.25, 0.3) is 0 Å². The molecule has 1 saturated heterocycles. The summed E-state index contributed by atoms with van der Waals surface area (Å²) in [4.78, 5) is 5.48. The molecule has 0 bridgehead atoms. The number of aromatic nitrogens is 1. The van der Waals surface area contributed by atoms with Crippen LogP contribution >= 0.6 is 15.9 Å². The van der Waals surface area contributed by atoms with Crippen LogP contribution in [0.3, 0.4) is 0 Å². The first kappa shape index (κ1) is 13.6. The van der Waals surface area contributed by atoms with Gasteiger partial charge in [0.15, 0.2) is 0 Å². The highest BCUT2D eigenvalue weighted by Gasteiger charge is 2.33. The smallest absolute Gasteiger partial charge is 0.374 e. The summed E-state index contributed by atoms with van der Waals surface area (Å²) in [5.41, 5.74) is -0.859.